The summed E-state index contributed by atoms with van der Waals surface area (Å²) >= 11 is 5.98. The Kier molecular flexibility index (Phi) is 14.8. The van der Waals surface area contributed by atoms with Crippen molar-refractivity contribution in [1.29, 1.82) is 0 Å². The number of nitrogens with zero attached hydrogens (tertiary/aromatic N) is 1. The number of halogens is 11. The fraction of sp³-hybridized carbons (Fsp3) is 0.178. The Bertz CT molecular complexity index is 2680. The van der Waals surface area contributed by atoms with Crippen molar-refractivity contribution < 1.29 is 72.9 Å². The van der Waals surface area contributed by atoms with Crippen LogP contribution in [0.4, 0.5) is 43.9 Å². The second-order valence-corrected chi connectivity index (χ2v) is 14.2. The van der Waals surface area contributed by atoms with Crippen LogP contribution >= 0.6 is 11.6 Å². The molecule has 5 aromatic carbocycles. The first-order valence-corrected chi connectivity index (χ1v) is 18.7. The van der Waals surface area contributed by atoms with Gasteiger partial charge in [-0.3, -0.25) is 4.79 Å². The molecule has 0 unspecified atom stereocenters. The molecule has 1 heterocycles. The van der Waals surface area contributed by atoms with Crippen LogP contribution < -0.4 is 9.47 Å². The van der Waals surface area contributed by atoms with Crippen LogP contribution in [-0.4, -0.2) is 27.2 Å². The number of carbonyl (C=O) groups is 3. The molecular weight excluding hydrogens is 876 g/mol. The highest BCUT2D eigenvalue weighted by Gasteiger charge is 2.33. The Morgan fingerprint density at radius 1 is 0.635 bits per heavy atom. The Hall–Kier alpha value is -6.62. The van der Waals surface area contributed by atoms with Crippen molar-refractivity contribution >= 4 is 29.1 Å². The number of aromatic carboxylic acids is 1. The first-order valence-electron chi connectivity index (χ1n) is 18.3. The fourth-order valence-corrected chi connectivity index (χ4v) is 6.20. The predicted molar refractivity (Wildman–Crippen MR) is 210 cm³/mol. The lowest BCUT2D eigenvalue weighted by Crippen LogP contribution is -2.11. The number of carboxylic acids is 1. The zero-order chi connectivity index (χ0) is 46.4. The molecule has 0 saturated heterocycles. The lowest BCUT2D eigenvalue weighted by atomic mass is 10.0. The summed E-state index contributed by atoms with van der Waals surface area (Å²) in [5, 5.41) is 9.44. The average molecular weight is 908 g/mol. The molecule has 0 saturated carbocycles. The molecule has 330 valence electrons. The Labute approximate surface area is 357 Å². The molecular formula is C45H32ClF10NO6. The summed E-state index contributed by atoms with van der Waals surface area (Å²) in [6.45, 7) is 2.17. The molecule has 0 aliphatic heterocycles. The molecule has 0 aliphatic rings. The maximum atomic E-state index is 14.1. The lowest BCUT2D eigenvalue weighted by Gasteiger charge is -2.18. The Morgan fingerprint density at radius 2 is 1.17 bits per heavy atom. The van der Waals surface area contributed by atoms with Crippen molar-refractivity contribution in [3.63, 3.8) is 0 Å². The number of carbonyl (C=O) groups excluding carboxylic acids is 2. The molecule has 0 spiro atoms. The van der Waals surface area contributed by atoms with Crippen LogP contribution in [0.5, 0.6) is 11.5 Å². The van der Waals surface area contributed by atoms with Crippen molar-refractivity contribution in [1.82, 2.24) is 4.57 Å². The SMILES string of the molecule is CC(=O)CCC(=O)c1cc(C(F)(F)F)ccc1OCc1ccc(F)cc1F.Cc1ccc(-c2cc(C(F)(F)F)ccc2OCc2ccc(F)cc2F)n1-c1ccc(Cl)c(C(=O)O)c1. The van der Waals surface area contributed by atoms with E-state index in [1.807, 2.05) is 0 Å². The van der Waals surface area contributed by atoms with Gasteiger partial charge in [0.1, 0.15) is 53.8 Å². The summed E-state index contributed by atoms with van der Waals surface area (Å²) in [6, 6.07) is 18.3. The van der Waals surface area contributed by atoms with E-state index in [0.717, 1.165) is 48.5 Å². The zero-order valence-corrected chi connectivity index (χ0v) is 33.5. The smallest absolute Gasteiger partial charge is 0.416 e. The minimum absolute atomic E-state index is 0.00187. The van der Waals surface area contributed by atoms with Gasteiger partial charge >= 0.3 is 18.3 Å². The quantitative estimate of drug-likeness (QED) is 0.0916. The fourth-order valence-electron chi connectivity index (χ4n) is 6.00. The number of Topliss-reactive ketones (excluding diaryl/α,β-unsaturated/α-hetero) is 2. The molecule has 7 nitrogen and oxygen atoms in total. The van der Waals surface area contributed by atoms with E-state index >= 15 is 0 Å². The van der Waals surface area contributed by atoms with Gasteiger partial charge in [-0.05, 0) is 105 Å². The molecule has 6 rings (SSSR count). The average Bonchev–Trinajstić information content (AvgIpc) is 3.59. The van der Waals surface area contributed by atoms with Crippen LogP contribution in [0.1, 0.15) is 68.4 Å². The summed E-state index contributed by atoms with van der Waals surface area (Å²) in [5.74, 6) is -5.72. The van der Waals surface area contributed by atoms with Crippen LogP contribution in [0.2, 0.25) is 5.02 Å². The normalized spacial score (nSPS) is 11.4. The van der Waals surface area contributed by atoms with E-state index in [0.29, 0.717) is 29.6 Å². The molecule has 0 fully saturated rings. The zero-order valence-electron chi connectivity index (χ0n) is 32.7. The predicted octanol–water partition coefficient (Wildman–Crippen LogP) is 12.8. The molecule has 0 aliphatic carbocycles. The van der Waals surface area contributed by atoms with Crippen molar-refractivity contribution in [3.05, 3.63) is 170 Å². The number of rotatable bonds is 13. The van der Waals surface area contributed by atoms with Gasteiger partial charge < -0.3 is 23.9 Å². The molecule has 0 amide bonds. The number of aryl methyl sites for hydroxylation is 1. The number of hydrogen-bond donors (Lipinski definition) is 1. The van der Waals surface area contributed by atoms with Gasteiger partial charge in [0.2, 0.25) is 0 Å². The summed E-state index contributed by atoms with van der Waals surface area (Å²) < 4.78 is 146. The van der Waals surface area contributed by atoms with E-state index < -0.39 is 65.1 Å². The van der Waals surface area contributed by atoms with Crippen LogP contribution in [0, 0.1) is 30.2 Å². The first-order chi connectivity index (χ1) is 29.5. The maximum Gasteiger partial charge on any atom is 0.416 e. The van der Waals surface area contributed by atoms with Gasteiger partial charge in [0.15, 0.2) is 5.78 Å². The minimum Gasteiger partial charge on any atom is -0.488 e. The van der Waals surface area contributed by atoms with E-state index in [1.54, 1.807) is 23.6 Å². The third-order valence-corrected chi connectivity index (χ3v) is 9.53. The van der Waals surface area contributed by atoms with E-state index in [2.05, 4.69) is 0 Å². The monoisotopic (exact) mass is 907 g/mol. The van der Waals surface area contributed by atoms with Crippen LogP contribution in [-0.2, 0) is 30.4 Å². The van der Waals surface area contributed by atoms with Crippen LogP contribution in [0.25, 0.3) is 16.9 Å². The Balaban J connectivity index is 0.000000248. The molecule has 0 bridgehead atoms. The highest BCUT2D eigenvalue weighted by molar-refractivity contribution is 6.33. The largest absolute Gasteiger partial charge is 0.488 e. The highest BCUT2D eigenvalue weighted by atomic mass is 35.5. The molecule has 63 heavy (non-hydrogen) atoms. The van der Waals surface area contributed by atoms with Crippen molar-refractivity contribution in [3.8, 4) is 28.4 Å². The topological polar surface area (TPSA) is 94.8 Å². The van der Waals surface area contributed by atoms with E-state index in [9.17, 15) is 63.4 Å². The molecule has 1 N–H and O–H groups in total. The number of benzene rings is 5. The molecule has 1 aromatic heterocycles. The molecule has 0 radical (unpaired) electrons. The summed E-state index contributed by atoms with van der Waals surface area (Å²) in [7, 11) is 0. The third kappa shape index (κ3) is 12.1. The van der Waals surface area contributed by atoms with E-state index in [-0.39, 0.29) is 75.3 Å². The van der Waals surface area contributed by atoms with Gasteiger partial charge in [0.05, 0.1) is 33.0 Å². The van der Waals surface area contributed by atoms with Crippen molar-refractivity contribution in [2.24, 2.45) is 0 Å². The molecule has 0 atom stereocenters. The lowest BCUT2D eigenvalue weighted by molar-refractivity contribution is -0.138. The first kappa shape index (κ1) is 47.4. The van der Waals surface area contributed by atoms with Gasteiger partial charge in [0.25, 0.3) is 0 Å². The van der Waals surface area contributed by atoms with Gasteiger partial charge in [0, 0.05) is 53.0 Å². The minimum atomic E-state index is -4.67. The number of alkyl halides is 6. The van der Waals surface area contributed by atoms with Crippen LogP contribution in [0.15, 0.2) is 103 Å². The van der Waals surface area contributed by atoms with Gasteiger partial charge in [-0.25, -0.2) is 22.4 Å². The summed E-state index contributed by atoms with van der Waals surface area (Å²) in [6.07, 6.45) is -9.73. The summed E-state index contributed by atoms with van der Waals surface area (Å²) in [4.78, 5) is 34.8. The standard InChI is InChI=1S/C26H17ClF5NO3.C19H15F5O3/c1-14-2-8-23(33(14)18-6-7-21(27)19(12-18)25(34)35)20-10-16(26(30,31)32)4-9-24(20)36-13-15-3-5-17(28)11-22(15)29;1-11(25)2-6-17(26)15-8-13(19(22,23)24)4-7-18(15)27-10-12-3-5-14(20)9-16(12)21/h2-12H,13H2,1H3,(H,34,35);3-5,7-9H,2,6,10H2,1H3. The van der Waals surface area contributed by atoms with Crippen LogP contribution in [0.3, 0.4) is 0 Å². The second-order valence-electron chi connectivity index (χ2n) is 13.8. The number of hydrogen-bond acceptors (Lipinski definition) is 5. The number of carboxylic acid groups (broad SMARTS) is 1. The summed E-state index contributed by atoms with van der Waals surface area (Å²) in [5.41, 5.74) is -1.29. The third-order valence-electron chi connectivity index (χ3n) is 9.21. The second kappa shape index (κ2) is 19.6. The number of aromatic nitrogens is 1. The Morgan fingerprint density at radius 3 is 1.70 bits per heavy atom. The van der Waals surface area contributed by atoms with E-state index in [4.69, 9.17) is 21.1 Å². The van der Waals surface area contributed by atoms with Gasteiger partial charge in [-0.15, -0.1) is 0 Å². The van der Waals surface area contributed by atoms with Gasteiger partial charge in [-0.1, -0.05) is 11.6 Å². The maximum absolute atomic E-state index is 14.1. The van der Waals surface area contributed by atoms with Crippen molar-refractivity contribution in [2.45, 2.75) is 52.3 Å². The van der Waals surface area contributed by atoms with E-state index in [1.165, 1.54) is 31.2 Å². The molecule has 18 heteroatoms. The van der Waals surface area contributed by atoms with Crippen molar-refractivity contribution in [2.75, 3.05) is 0 Å². The number of ether oxygens (including phenoxy) is 2. The number of ketones is 2. The highest BCUT2D eigenvalue weighted by Crippen LogP contribution is 2.40. The van der Waals surface area contributed by atoms with Gasteiger partial charge in [-0.2, -0.15) is 26.3 Å². The molecule has 6 aromatic rings.